The third-order valence-electron chi connectivity index (χ3n) is 20.2. The highest BCUT2D eigenvalue weighted by molar-refractivity contribution is 6.01. The van der Waals surface area contributed by atoms with E-state index in [0.29, 0.717) is 0 Å². The van der Waals surface area contributed by atoms with Crippen LogP contribution in [0.15, 0.2) is 162 Å². The second-order valence-corrected chi connectivity index (χ2v) is 26.3. The highest BCUT2D eigenvalue weighted by atomic mass is 15.2. The fraction of sp³-hybridized carbons (Fsp3) is 0.315. The van der Waals surface area contributed by atoms with Crippen molar-refractivity contribution in [2.75, 3.05) is 14.7 Å². The monoisotopic (exact) mass is 992 g/mol. The fourth-order valence-corrected chi connectivity index (χ4v) is 15.3. The van der Waals surface area contributed by atoms with Crippen LogP contribution in [-0.4, -0.2) is 0 Å². The van der Waals surface area contributed by atoms with E-state index in [-0.39, 0.29) is 21.7 Å². The maximum Gasteiger partial charge on any atom is 0.0545 e. The molecule has 3 heterocycles. The average molecular weight is 992 g/mol. The first kappa shape index (κ1) is 47.4. The van der Waals surface area contributed by atoms with E-state index in [1.54, 1.807) is 0 Å². The molecule has 7 aromatic rings. The van der Waals surface area contributed by atoms with Crippen LogP contribution in [0, 0.1) is 13.8 Å². The molecule has 0 aromatic heterocycles. The van der Waals surface area contributed by atoms with Crippen molar-refractivity contribution in [3.63, 3.8) is 0 Å². The van der Waals surface area contributed by atoms with Gasteiger partial charge in [0, 0.05) is 61.2 Å². The summed E-state index contributed by atoms with van der Waals surface area (Å²) < 4.78 is 0. The number of hydrogen-bond acceptors (Lipinski definition) is 3. The molecule has 7 aliphatic rings. The molecule has 3 heteroatoms. The third-order valence-corrected chi connectivity index (χ3v) is 20.2. The molecule has 0 atom stereocenters. The Morgan fingerprint density at radius 1 is 0.395 bits per heavy atom. The third kappa shape index (κ3) is 6.18. The van der Waals surface area contributed by atoms with Crippen LogP contribution in [0.25, 0.3) is 16.7 Å². The topological polar surface area (TPSA) is 9.72 Å². The van der Waals surface area contributed by atoms with Crippen LogP contribution in [0.5, 0.6) is 0 Å². The predicted molar refractivity (Wildman–Crippen MR) is 322 cm³/mol. The summed E-state index contributed by atoms with van der Waals surface area (Å²) in [5.41, 5.74) is 35.6. The summed E-state index contributed by atoms with van der Waals surface area (Å²) >= 11 is 0. The number of fused-ring (bicyclic) bond motifs is 5. The van der Waals surface area contributed by atoms with Gasteiger partial charge in [0.25, 0.3) is 0 Å². The quantitative estimate of drug-likeness (QED) is 0.164. The minimum Gasteiger partial charge on any atom is -0.314 e. The molecule has 0 amide bonds. The second kappa shape index (κ2) is 15.5. The first-order valence-corrected chi connectivity index (χ1v) is 28.3. The van der Waals surface area contributed by atoms with Gasteiger partial charge in [-0.05, 0) is 209 Å². The van der Waals surface area contributed by atoms with Crippen molar-refractivity contribution in [2.45, 2.75) is 150 Å². The lowest BCUT2D eigenvalue weighted by molar-refractivity contribution is 0.566. The zero-order valence-electron chi connectivity index (χ0n) is 47.4. The fourth-order valence-electron chi connectivity index (χ4n) is 15.3. The van der Waals surface area contributed by atoms with E-state index in [9.17, 15) is 0 Å². The molecule has 3 aliphatic heterocycles. The van der Waals surface area contributed by atoms with Gasteiger partial charge in [-0.3, -0.25) is 0 Å². The zero-order valence-corrected chi connectivity index (χ0v) is 47.4. The summed E-state index contributed by atoms with van der Waals surface area (Å²) in [6.07, 6.45) is 11.5. The van der Waals surface area contributed by atoms with Crippen molar-refractivity contribution >= 4 is 51.1 Å². The molecule has 0 saturated carbocycles. The molecule has 3 nitrogen and oxygen atoms in total. The Bertz CT molecular complexity index is 3910. The van der Waals surface area contributed by atoms with Crippen LogP contribution in [0.3, 0.4) is 0 Å². The summed E-state index contributed by atoms with van der Waals surface area (Å²) in [6, 6.07) is 48.4. The summed E-state index contributed by atoms with van der Waals surface area (Å²) in [7, 11) is 0. The van der Waals surface area contributed by atoms with Gasteiger partial charge in [-0.1, -0.05) is 153 Å². The van der Waals surface area contributed by atoms with Crippen molar-refractivity contribution in [1.29, 1.82) is 0 Å². The number of hydrogen-bond donors (Lipinski definition) is 0. The summed E-state index contributed by atoms with van der Waals surface area (Å²) in [5.74, 6) is 0. The van der Waals surface area contributed by atoms with Crippen molar-refractivity contribution in [3.05, 3.63) is 229 Å². The number of nitrogens with zero attached hydrogens (tertiary/aromatic N) is 3. The molecular weight excluding hydrogens is 919 g/mol. The molecule has 380 valence electrons. The van der Waals surface area contributed by atoms with Gasteiger partial charge in [-0.25, -0.2) is 0 Å². The van der Waals surface area contributed by atoms with Crippen LogP contribution in [0.2, 0.25) is 0 Å². The molecule has 7 aromatic carbocycles. The summed E-state index contributed by atoms with van der Waals surface area (Å²) in [6.45, 7) is 33.8. The summed E-state index contributed by atoms with van der Waals surface area (Å²) in [5, 5.41) is 0. The maximum atomic E-state index is 2.74. The van der Waals surface area contributed by atoms with Crippen LogP contribution in [0.1, 0.15) is 176 Å². The van der Waals surface area contributed by atoms with Crippen LogP contribution in [-0.2, 0) is 27.1 Å². The Hall–Kier alpha value is -7.10. The maximum absolute atomic E-state index is 2.74. The molecule has 0 saturated heterocycles. The summed E-state index contributed by atoms with van der Waals surface area (Å²) in [4.78, 5) is 7.99. The van der Waals surface area contributed by atoms with E-state index >= 15 is 0 Å². The van der Waals surface area contributed by atoms with E-state index in [2.05, 4.69) is 251 Å². The van der Waals surface area contributed by atoms with Gasteiger partial charge >= 0.3 is 0 Å². The number of para-hydroxylation sites is 1. The van der Waals surface area contributed by atoms with E-state index in [1.807, 2.05) is 0 Å². The molecule has 0 spiro atoms. The van der Waals surface area contributed by atoms with Gasteiger partial charge in [0.15, 0.2) is 0 Å². The molecule has 0 unspecified atom stereocenters. The lowest BCUT2D eigenvalue weighted by Gasteiger charge is -2.55. The highest BCUT2D eigenvalue weighted by Crippen LogP contribution is 2.68. The first-order valence-electron chi connectivity index (χ1n) is 28.3. The zero-order chi connectivity index (χ0) is 52.9. The average Bonchev–Trinajstić information content (AvgIpc) is 3.84. The van der Waals surface area contributed by atoms with Crippen LogP contribution >= 0.6 is 0 Å². The SMILES string of the molecule is CC1=C(C)CCC(N(c2ccc3c(c2)C2=C(C=CCC2)C3(C)C)c2cc3c4c(c2)C(C)(C)c2cc(N(c5ccc(C)c(C)c5)c5ccc6c(c5)C(C)(C)c5ccccc5-6)cc5c2N4c2c(cccc2C5(C)C)C3(C)C)=C1. The molecule has 0 bridgehead atoms. The second-order valence-electron chi connectivity index (χ2n) is 26.3. The van der Waals surface area contributed by atoms with Gasteiger partial charge in [0.1, 0.15) is 0 Å². The Balaban J connectivity index is 1.03. The Kier molecular flexibility index (Phi) is 9.68. The highest BCUT2D eigenvalue weighted by Gasteiger charge is 2.53. The number of anilines is 8. The van der Waals surface area contributed by atoms with Crippen molar-refractivity contribution in [2.24, 2.45) is 0 Å². The molecule has 0 fully saturated rings. The number of rotatable bonds is 6. The molecule has 0 radical (unpaired) electrons. The van der Waals surface area contributed by atoms with Crippen molar-refractivity contribution in [1.82, 2.24) is 0 Å². The van der Waals surface area contributed by atoms with Crippen LogP contribution in [0.4, 0.5) is 45.5 Å². The number of benzene rings is 7. The first-order chi connectivity index (χ1) is 36.1. The van der Waals surface area contributed by atoms with Crippen molar-refractivity contribution in [3.8, 4) is 11.1 Å². The molecule has 76 heavy (non-hydrogen) atoms. The number of allylic oxidation sites excluding steroid dienone is 8. The molecule has 0 N–H and O–H groups in total. The van der Waals surface area contributed by atoms with Crippen molar-refractivity contribution < 1.29 is 0 Å². The van der Waals surface area contributed by atoms with E-state index in [1.165, 1.54) is 151 Å². The smallest absolute Gasteiger partial charge is 0.0545 e. The van der Waals surface area contributed by atoms with E-state index in [0.717, 1.165) is 25.7 Å². The normalized spacial score (nSPS) is 19.4. The minimum atomic E-state index is -0.391. The molecular formula is C73H73N3. The van der Waals surface area contributed by atoms with Gasteiger partial charge in [0.2, 0.25) is 0 Å². The van der Waals surface area contributed by atoms with E-state index < -0.39 is 5.41 Å². The van der Waals surface area contributed by atoms with Gasteiger partial charge in [-0.15, -0.1) is 0 Å². The largest absolute Gasteiger partial charge is 0.314 e. The lowest BCUT2D eigenvalue weighted by Crippen LogP contribution is -2.44. The molecule has 4 aliphatic carbocycles. The van der Waals surface area contributed by atoms with Gasteiger partial charge in [-0.2, -0.15) is 0 Å². The Morgan fingerprint density at radius 2 is 0.908 bits per heavy atom. The van der Waals surface area contributed by atoms with Gasteiger partial charge in [0.05, 0.1) is 17.1 Å². The van der Waals surface area contributed by atoms with Crippen LogP contribution < -0.4 is 14.7 Å². The molecule has 14 rings (SSSR count). The Morgan fingerprint density at radius 3 is 1.57 bits per heavy atom. The Labute approximate surface area is 453 Å². The lowest BCUT2D eigenvalue weighted by atomic mass is 9.60. The standard InChI is InChI=1S/C73H73N3/c1-42-26-28-46(34-44(42)3)74(48-31-33-58-55(36-48)53-21-16-18-23-57(53)69(58,5)6)50-38-62-67-64(40-50)73(13,14)65-41-51(39-63-68(65)76(67)66-59(71(62,9)10)24-19-25-60(66)72(63,11)12)75(47-29-27-43(2)45(4)35-47)49-30-32-54-52-20-15-17-22-56(52)70(7,8)61(54)37-49/h15,17-20,22-25,27,29-41H,16,21,26,28H2,1-14H3. The predicted octanol–water partition coefficient (Wildman–Crippen LogP) is 20.0. The van der Waals surface area contributed by atoms with Gasteiger partial charge < -0.3 is 14.7 Å². The van der Waals surface area contributed by atoms with E-state index in [4.69, 9.17) is 0 Å². The minimum absolute atomic E-state index is 0.0211. The number of aryl methyl sites for hydroxylation is 2.